The summed E-state index contributed by atoms with van der Waals surface area (Å²) in [6.07, 6.45) is 5.65. The minimum Gasteiger partial charge on any atom is -1.00 e. The molecule has 2 radical (unpaired) electrons. The van der Waals surface area contributed by atoms with E-state index in [1.807, 2.05) is 0 Å². The first-order valence-electron chi connectivity index (χ1n) is 7.95. The van der Waals surface area contributed by atoms with Crippen LogP contribution in [-0.2, 0) is 21.7 Å². The molecule has 0 N–H and O–H groups in total. The molecule has 0 fully saturated rings. The first-order chi connectivity index (χ1) is 10.7. The van der Waals surface area contributed by atoms with E-state index in [2.05, 4.69) is 74.6 Å². The largest absolute Gasteiger partial charge is 3.00 e. The molecule has 0 heterocycles. The zero-order valence-corrected chi connectivity index (χ0v) is 16.5. The van der Waals surface area contributed by atoms with Gasteiger partial charge in [-0.1, -0.05) is 77.5 Å². The summed E-state index contributed by atoms with van der Waals surface area (Å²) in [6.45, 7) is 7.05. The standard InChI is InChI=1S/C21H20Si.Ti.2H/c1-14-7-6-10-16(14)21-19-13-15-8-4-5-9-17(15)18(19)11-12-20(21)22(2)3;;;/h4-9,11-13H,10H2,1-3H3;;;/q-1;+3;2*-1. The Morgan fingerprint density at radius 3 is 2.52 bits per heavy atom. The van der Waals surface area contributed by atoms with Crippen LogP contribution in [0.25, 0.3) is 27.1 Å². The summed E-state index contributed by atoms with van der Waals surface area (Å²) in [6, 6.07) is 15.9. The van der Waals surface area contributed by atoms with Gasteiger partial charge in [0, 0.05) is 0 Å². The molecule has 0 aromatic heterocycles. The molecule has 0 atom stereocenters. The summed E-state index contributed by atoms with van der Waals surface area (Å²) in [5.74, 6) is 0. The van der Waals surface area contributed by atoms with Crippen molar-refractivity contribution in [3.8, 4) is 0 Å². The minimum absolute atomic E-state index is 0. The van der Waals surface area contributed by atoms with Gasteiger partial charge in [0.2, 0.25) is 0 Å². The van der Waals surface area contributed by atoms with Crippen LogP contribution in [0.5, 0.6) is 0 Å². The van der Waals surface area contributed by atoms with E-state index in [9.17, 15) is 0 Å². The fourth-order valence-corrected chi connectivity index (χ4v) is 4.89. The van der Waals surface area contributed by atoms with E-state index in [1.54, 1.807) is 5.19 Å². The topological polar surface area (TPSA) is 0 Å². The summed E-state index contributed by atoms with van der Waals surface area (Å²) < 4.78 is 0. The first kappa shape index (κ1) is 16.6. The molecule has 1 aliphatic carbocycles. The second kappa shape index (κ2) is 6.32. The Labute approximate surface area is 157 Å². The van der Waals surface area contributed by atoms with Crippen molar-refractivity contribution in [3.05, 3.63) is 65.8 Å². The zero-order chi connectivity index (χ0) is 15.3. The van der Waals surface area contributed by atoms with Gasteiger partial charge in [0.05, 0.1) is 8.80 Å². The molecule has 0 amide bonds. The number of hydrogen-bond donors (Lipinski definition) is 0. The van der Waals surface area contributed by atoms with Crippen LogP contribution < -0.4 is 5.19 Å². The molecule has 3 aromatic rings. The number of hydrogen-bond acceptors (Lipinski definition) is 0. The molecule has 0 aliphatic heterocycles. The van der Waals surface area contributed by atoms with E-state index < -0.39 is 8.80 Å². The number of fused-ring (bicyclic) bond motifs is 3. The van der Waals surface area contributed by atoms with Crippen molar-refractivity contribution in [2.24, 2.45) is 0 Å². The average Bonchev–Trinajstić information content (AvgIpc) is 3.09. The predicted molar refractivity (Wildman–Crippen MR) is 103 cm³/mol. The van der Waals surface area contributed by atoms with Crippen LogP contribution in [-0.4, -0.2) is 8.80 Å². The molecule has 114 valence electrons. The molecular weight excluding hydrogens is 328 g/mol. The number of benzene rings is 2. The Bertz CT molecular complexity index is 951. The third-order valence-corrected chi connectivity index (χ3v) is 6.30. The van der Waals surface area contributed by atoms with Crippen molar-refractivity contribution in [1.82, 2.24) is 0 Å². The first-order valence-corrected chi connectivity index (χ1v) is 10.4. The van der Waals surface area contributed by atoms with Crippen LogP contribution in [0, 0.1) is 0 Å². The third kappa shape index (κ3) is 2.61. The fourth-order valence-electron chi connectivity index (χ4n) is 3.68. The normalized spacial score (nSPS) is 14.3. The van der Waals surface area contributed by atoms with Gasteiger partial charge in [0.25, 0.3) is 0 Å². The smallest absolute Gasteiger partial charge is 1.00 e. The van der Waals surface area contributed by atoms with Crippen LogP contribution in [0.15, 0.2) is 60.2 Å². The minimum atomic E-state index is -0.491. The Morgan fingerprint density at radius 1 is 1.04 bits per heavy atom. The molecule has 0 bridgehead atoms. The van der Waals surface area contributed by atoms with Crippen LogP contribution in [0.2, 0.25) is 13.1 Å². The Balaban J connectivity index is 0.00000104. The van der Waals surface area contributed by atoms with Crippen molar-refractivity contribution in [3.63, 3.8) is 0 Å². The van der Waals surface area contributed by atoms with Gasteiger partial charge < -0.3 is 2.85 Å². The van der Waals surface area contributed by atoms with Gasteiger partial charge in [-0.2, -0.15) is 0 Å². The van der Waals surface area contributed by atoms with E-state index in [0.717, 1.165) is 6.42 Å². The fraction of sp³-hybridized carbons (Fsp3) is 0.190. The summed E-state index contributed by atoms with van der Waals surface area (Å²) in [5.41, 5.74) is 4.49. The predicted octanol–water partition coefficient (Wildman–Crippen LogP) is 5.63. The monoisotopic (exact) mass is 350 g/mol. The molecule has 0 saturated heterocycles. The summed E-state index contributed by atoms with van der Waals surface area (Å²) >= 11 is 0. The van der Waals surface area contributed by atoms with Gasteiger partial charge in [0.15, 0.2) is 0 Å². The summed E-state index contributed by atoms with van der Waals surface area (Å²) in [5, 5.41) is 7.18. The maximum Gasteiger partial charge on any atom is 3.00 e. The quantitative estimate of drug-likeness (QED) is 0.415. The maximum atomic E-state index is 2.40. The van der Waals surface area contributed by atoms with E-state index in [4.69, 9.17) is 0 Å². The SMILES string of the molecule is CC1=C(c2c([Si](C)C)ccc3c2[cH-]c2ccccc23)CC=C1.[H-].[H-].[Ti+3]. The van der Waals surface area contributed by atoms with Crippen molar-refractivity contribution < 1.29 is 24.6 Å². The molecule has 23 heavy (non-hydrogen) atoms. The Hall–Kier alpha value is -1.28. The molecular formula is C21H22SiTi. The van der Waals surface area contributed by atoms with E-state index in [0.29, 0.717) is 0 Å². The Kier molecular flexibility index (Phi) is 4.55. The molecule has 2 heteroatoms. The van der Waals surface area contributed by atoms with Crippen molar-refractivity contribution in [2.75, 3.05) is 0 Å². The Morgan fingerprint density at radius 2 is 1.83 bits per heavy atom. The van der Waals surface area contributed by atoms with Gasteiger partial charge in [0.1, 0.15) is 0 Å². The van der Waals surface area contributed by atoms with Crippen LogP contribution in [0.4, 0.5) is 0 Å². The van der Waals surface area contributed by atoms with Gasteiger partial charge in [-0.05, 0) is 13.3 Å². The van der Waals surface area contributed by atoms with Gasteiger partial charge in [-0.3, -0.25) is 0 Å². The molecule has 1 aliphatic rings. The van der Waals surface area contributed by atoms with Gasteiger partial charge in [-0.25, -0.2) is 0 Å². The molecule has 4 rings (SSSR count). The molecule has 0 saturated carbocycles. The van der Waals surface area contributed by atoms with E-state index in [1.165, 1.54) is 38.3 Å². The molecule has 0 spiro atoms. The molecule has 3 aromatic carbocycles. The maximum absolute atomic E-state index is 2.40. The average molecular weight is 350 g/mol. The number of rotatable bonds is 2. The van der Waals surface area contributed by atoms with Crippen LogP contribution >= 0.6 is 0 Å². The second-order valence-corrected chi connectivity index (χ2v) is 8.99. The van der Waals surface area contributed by atoms with E-state index >= 15 is 0 Å². The molecule has 0 nitrogen and oxygen atoms in total. The van der Waals surface area contributed by atoms with E-state index in [-0.39, 0.29) is 24.6 Å². The third-order valence-electron chi connectivity index (χ3n) is 4.80. The van der Waals surface area contributed by atoms with Crippen LogP contribution in [0.3, 0.4) is 0 Å². The zero-order valence-electron chi connectivity index (χ0n) is 15.9. The van der Waals surface area contributed by atoms with Gasteiger partial charge >= 0.3 is 21.7 Å². The molecule has 0 unspecified atom stereocenters. The van der Waals surface area contributed by atoms with Crippen LogP contribution in [0.1, 0.15) is 21.8 Å². The van der Waals surface area contributed by atoms with Crippen molar-refractivity contribution in [1.29, 1.82) is 0 Å². The summed E-state index contributed by atoms with van der Waals surface area (Å²) in [4.78, 5) is 0. The summed E-state index contributed by atoms with van der Waals surface area (Å²) in [7, 11) is -0.491. The van der Waals surface area contributed by atoms with Crippen molar-refractivity contribution in [2.45, 2.75) is 26.4 Å². The number of allylic oxidation sites excluding steroid dienone is 4. The van der Waals surface area contributed by atoms with Gasteiger partial charge in [-0.15, -0.1) is 33.7 Å². The van der Waals surface area contributed by atoms with Crippen molar-refractivity contribution >= 4 is 41.1 Å². The second-order valence-electron chi connectivity index (χ2n) is 6.45.